The second kappa shape index (κ2) is 8.02. The van der Waals surface area contributed by atoms with E-state index in [0.29, 0.717) is 5.56 Å². The number of carboxylic acid groups (broad SMARTS) is 1. The van der Waals surface area contributed by atoms with E-state index >= 15 is 0 Å². The Morgan fingerprint density at radius 2 is 1.77 bits per heavy atom. The molecule has 5 nitrogen and oxygen atoms in total. The summed E-state index contributed by atoms with van der Waals surface area (Å²) in [5, 5.41) is 19.4. The maximum Gasteiger partial charge on any atom is 0.417 e. The van der Waals surface area contributed by atoms with Crippen molar-refractivity contribution in [3.63, 3.8) is 0 Å². The van der Waals surface area contributed by atoms with Crippen LogP contribution in [0.4, 0.5) is 13.2 Å². The first kappa shape index (κ1) is 22.7. The largest absolute Gasteiger partial charge is 0.508 e. The van der Waals surface area contributed by atoms with Crippen LogP contribution >= 0.6 is 11.6 Å². The molecule has 1 aromatic heterocycles. The van der Waals surface area contributed by atoms with Gasteiger partial charge in [-0.2, -0.15) is 13.2 Å². The van der Waals surface area contributed by atoms with Crippen LogP contribution in [0.5, 0.6) is 5.75 Å². The Morgan fingerprint density at radius 3 is 2.49 bits per heavy atom. The molecule has 5 rings (SSSR count). The van der Waals surface area contributed by atoms with Crippen LogP contribution < -0.4 is 5.43 Å². The highest BCUT2D eigenvalue weighted by atomic mass is 35.5. The van der Waals surface area contributed by atoms with Crippen LogP contribution in [-0.2, 0) is 11.0 Å². The van der Waals surface area contributed by atoms with Crippen molar-refractivity contribution in [3.8, 4) is 5.75 Å². The molecule has 1 aliphatic carbocycles. The van der Waals surface area contributed by atoms with E-state index in [1.54, 1.807) is 18.2 Å². The summed E-state index contributed by atoms with van der Waals surface area (Å²) in [6, 6.07) is 13.5. The number of phenols is 1. The predicted molar refractivity (Wildman–Crippen MR) is 123 cm³/mol. The number of hydrogen-bond donors (Lipinski definition) is 2. The molecule has 0 saturated heterocycles. The predicted octanol–water partition coefficient (Wildman–Crippen LogP) is 6.29. The fourth-order valence-corrected chi connectivity index (χ4v) is 4.59. The highest BCUT2D eigenvalue weighted by molar-refractivity contribution is 6.31. The van der Waals surface area contributed by atoms with Crippen molar-refractivity contribution in [2.24, 2.45) is 0 Å². The van der Waals surface area contributed by atoms with E-state index < -0.39 is 34.1 Å². The highest BCUT2D eigenvalue weighted by Gasteiger charge is 2.37. The second-order valence-electron chi connectivity index (χ2n) is 8.01. The van der Waals surface area contributed by atoms with E-state index in [4.69, 9.17) is 16.0 Å². The Bertz CT molecular complexity index is 1620. The van der Waals surface area contributed by atoms with Crippen molar-refractivity contribution in [1.82, 2.24) is 0 Å². The van der Waals surface area contributed by atoms with Gasteiger partial charge < -0.3 is 14.6 Å². The minimum atomic E-state index is -4.75. The quantitative estimate of drug-likeness (QED) is 0.339. The first-order valence-corrected chi connectivity index (χ1v) is 10.6. The Labute approximate surface area is 200 Å². The van der Waals surface area contributed by atoms with Gasteiger partial charge >= 0.3 is 12.1 Å². The third-order valence-electron chi connectivity index (χ3n) is 5.91. The van der Waals surface area contributed by atoms with Gasteiger partial charge in [0, 0.05) is 6.07 Å². The van der Waals surface area contributed by atoms with Gasteiger partial charge in [0.25, 0.3) is 0 Å². The van der Waals surface area contributed by atoms with E-state index in [9.17, 15) is 33.0 Å². The number of halogens is 4. The molecule has 0 aliphatic heterocycles. The number of aliphatic carboxylic acids is 1. The molecule has 35 heavy (non-hydrogen) atoms. The van der Waals surface area contributed by atoms with E-state index in [1.807, 2.05) is 0 Å². The van der Waals surface area contributed by atoms with Crippen molar-refractivity contribution < 1.29 is 32.6 Å². The van der Waals surface area contributed by atoms with Gasteiger partial charge in [-0.15, -0.1) is 0 Å². The normalized spacial score (nSPS) is 15.2. The molecular formula is C26H14ClF3O5. The molecule has 4 aromatic rings. The zero-order valence-electron chi connectivity index (χ0n) is 17.6. The Kier molecular flexibility index (Phi) is 5.21. The Balaban J connectivity index is 1.93. The third kappa shape index (κ3) is 3.76. The van der Waals surface area contributed by atoms with Gasteiger partial charge in [-0.25, -0.2) is 4.79 Å². The lowest BCUT2D eigenvalue weighted by atomic mass is 9.84. The lowest BCUT2D eigenvalue weighted by molar-refractivity contribution is -0.137. The van der Waals surface area contributed by atoms with Crippen LogP contribution in [-0.4, -0.2) is 16.2 Å². The second-order valence-corrected chi connectivity index (χ2v) is 8.42. The van der Waals surface area contributed by atoms with Crippen molar-refractivity contribution in [1.29, 1.82) is 0 Å². The fraction of sp³-hybridized carbons (Fsp3) is 0.0769. The molecule has 2 N–H and O–H groups in total. The van der Waals surface area contributed by atoms with Gasteiger partial charge in [-0.3, -0.25) is 4.79 Å². The van der Waals surface area contributed by atoms with E-state index in [1.165, 1.54) is 36.4 Å². The number of hydrogen-bond acceptors (Lipinski definition) is 4. The van der Waals surface area contributed by atoms with Crippen LogP contribution in [0, 0.1) is 0 Å². The maximum atomic E-state index is 13.7. The molecule has 0 saturated carbocycles. The minimum Gasteiger partial charge on any atom is -0.508 e. The Morgan fingerprint density at radius 1 is 1.03 bits per heavy atom. The molecule has 1 aliphatic rings. The molecule has 176 valence electrons. The summed E-state index contributed by atoms with van der Waals surface area (Å²) in [6.45, 7) is 0. The van der Waals surface area contributed by atoms with Crippen LogP contribution in [0.25, 0.3) is 22.6 Å². The van der Waals surface area contributed by atoms with Crippen molar-refractivity contribution in [2.75, 3.05) is 0 Å². The van der Waals surface area contributed by atoms with Crippen LogP contribution in [0.15, 0.2) is 69.9 Å². The maximum absolute atomic E-state index is 13.7. The van der Waals surface area contributed by atoms with E-state index in [0.717, 1.165) is 12.1 Å². The van der Waals surface area contributed by atoms with Gasteiger partial charge in [-0.1, -0.05) is 41.9 Å². The molecule has 0 spiro atoms. The molecule has 9 heteroatoms. The Hall–Kier alpha value is -4.04. The van der Waals surface area contributed by atoms with Crippen LogP contribution in [0.1, 0.15) is 39.5 Å². The topological polar surface area (TPSA) is 87.7 Å². The van der Waals surface area contributed by atoms with Crippen LogP contribution in [0.3, 0.4) is 0 Å². The zero-order valence-corrected chi connectivity index (χ0v) is 18.3. The first-order chi connectivity index (χ1) is 16.6. The van der Waals surface area contributed by atoms with Crippen LogP contribution in [0.2, 0.25) is 5.02 Å². The number of carboxylic acids is 1. The molecule has 1 heterocycles. The average molecular weight is 499 g/mol. The summed E-state index contributed by atoms with van der Waals surface area (Å²) in [6.07, 6.45) is -3.57. The molecule has 1 unspecified atom stereocenters. The zero-order chi connectivity index (χ0) is 25.1. The SMILES string of the molecule is O=C(O)C1=Cc2c(oc3cc(O)ccc3c2=O)C(c2ccc(Cl)c(C(F)(F)F)c2)c2ccccc21. The molecular weight excluding hydrogens is 485 g/mol. The molecule has 0 radical (unpaired) electrons. The average Bonchev–Trinajstić information content (AvgIpc) is 2.93. The molecule has 0 amide bonds. The number of phenolic OH excluding ortho intramolecular Hbond substituents is 1. The van der Waals surface area contributed by atoms with Gasteiger partial charge in [0.2, 0.25) is 0 Å². The first-order valence-electron chi connectivity index (χ1n) is 10.3. The van der Waals surface area contributed by atoms with Crippen molar-refractivity contribution in [3.05, 3.63) is 109 Å². The van der Waals surface area contributed by atoms with Gasteiger partial charge in [0.1, 0.15) is 17.1 Å². The van der Waals surface area contributed by atoms with E-state index in [2.05, 4.69) is 0 Å². The number of carbonyl (C=O) groups is 1. The summed E-state index contributed by atoms with van der Waals surface area (Å²) in [5.74, 6) is -2.63. The lowest BCUT2D eigenvalue weighted by Gasteiger charge is -2.21. The minimum absolute atomic E-state index is 0.00779. The summed E-state index contributed by atoms with van der Waals surface area (Å²) in [5.41, 5.74) is -1.31. The van der Waals surface area contributed by atoms with E-state index in [-0.39, 0.29) is 44.7 Å². The highest BCUT2D eigenvalue weighted by Crippen LogP contribution is 2.44. The summed E-state index contributed by atoms with van der Waals surface area (Å²) < 4.78 is 47.1. The van der Waals surface area contributed by atoms with Crippen molar-refractivity contribution in [2.45, 2.75) is 12.1 Å². The smallest absolute Gasteiger partial charge is 0.417 e. The molecule has 1 atom stereocenters. The number of benzene rings is 3. The van der Waals surface area contributed by atoms with Gasteiger partial charge in [0.05, 0.1) is 33.0 Å². The molecule has 0 fully saturated rings. The van der Waals surface area contributed by atoms with Gasteiger partial charge in [0.15, 0.2) is 5.43 Å². The standard InChI is InChI=1S/C26H14ClF3O5/c27-20-8-5-12(9-19(20)26(28,29)30)22-15-4-2-1-3-14(15)17(25(33)34)11-18-23(32)16-7-6-13(31)10-21(16)35-24(18)22/h1-11,22,31H,(H,33,34). The number of alkyl halides is 3. The summed E-state index contributed by atoms with van der Waals surface area (Å²) in [4.78, 5) is 25.6. The summed E-state index contributed by atoms with van der Waals surface area (Å²) in [7, 11) is 0. The number of fused-ring (bicyclic) bond motifs is 3. The fourth-order valence-electron chi connectivity index (χ4n) is 4.37. The molecule has 3 aromatic carbocycles. The lowest BCUT2D eigenvalue weighted by Crippen LogP contribution is -2.14. The number of rotatable bonds is 2. The van der Waals surface area contributed by atoms with Gasteiger partial charge in [-0.05, 0) is 47.0 Å². The number of aromatic hydroxyl groups is 1. The summed E-state index contributed by atoms with van der Waals surface area (Å²) >= 11 is 5.83. The van der Waals surface area contributed by atoms with Crippen molar-refractivity contribution >= 4 is 40.2 Å². The third-order valence-corrected chi connectivity index (χ3v) is 6.24. The molecule has 0 bridgehead atoms. The monoisotopic (exact) mass is 498 g/mol.